The maximum atomic E-state index is 12.5. The topological polar surface area (TPSA) is 80.6 Å². The third-order valence-electron chi connectivity index (χ3n) is 5.58. The fraction of sp³-hybridized carbons (Fsp3) is 0.478. The molecule has 6 nitrogen and oxygen atoms in total. The number of nitrogens with one attached hydrogen (secondary N) is 2. The Kier molecular flexibility index (Phi) is 6.96. The minimum atomic E-state index is -0.337. The highest BCUT2D eigenvalue weighted by molar-refractivity contribution is 6.02. The number of furan rings is 1. The van der Waals surface area contributed by atoms with Crippen molar-refractivity contribution in [2.24, 2.45) is 17.8 Å². The molecule has 0 aliphatic heterocycles. The summed E-state index contributed by atoms with van der Waals surface area (Å²) in [5.41, 5.74) is 0.574. The maximum Gasteiger partial charge on any atom is 0.291 e. The lowest BCUT2D eigenvalue weighted by molar-refractivity contribution is -0.124. The number of carbonyl (C=O) groups is 2. The zero-order valence-electron chi connectivity index (χ0n) is 17.3. The maximum absolute atomic E-state index is 12.5. The Hall–Kier alpha value is -2.76. The van der Waals surface area contributed by atoms with Crippen LogP contribution in [0.4, 0.5) is 5.69 Å². The fourth-order valence-corrected chi connectivity index (χ4v) is 4.03. The van der Waals surface area contributed by atoms with Crippen LogP contribution in [0.3, 0.4) is 0 Å². The summed E-state index contributed by atoms with van der Waals surface area (Å²) < 4.78 is 10.7. The average Bonchev–Trinajstić information content (AvgIpc) is 3.21. The average molecular weight is 399 g/mol. The monoisotopic (exact) mass is 398 g/mol. The van der Waals surface area contributed by atoms with Crippen LogP contribution in [0.5, 0.6) is 5.75 Å². The molecule has 1 aliphatic rings. The number of benzene rings is 1. The van der Waals surface area contributed by atoms with E-state index in [2.05, 4.69) is 31.4 Å². The first-order valence-electron chi connectivity index (χ1n) is 10.3. The SMILES string of the molecule is CC1CCC(C(C)C)C(NC(=O)COc2cccc(NC(=O)c3ccco3)c2)C1. The van der Waals surface area contributed by atoms with Crippen molar-refractivity contribution in [1.29, 1.82) is 0 Å². The number of ether oxygens (including phenoxy) is 1. The van der Waals surface area contributed by atoms with Crippen LogP contribution in [0.2, 0.25) is 0 Å². The van der Waals surface area contributed by atoms with Gasteiger partial charge in [0.15, 0.2) is 12.4 Å². The Balaban J connectivity index is 1.52. The van der Waals surface area contributed by atoms with E-state index in [0.717, 1.165) is 12.8 Å². The molecule has 0 spiro atoms. The van der Waals surface area contributed by atoms with E-state index in [4.69, 9.17) is 9.15 Å². The Morgan fingerprint density at radius 2 is 2.03 bits per heavy atom. The van der Waals surface area contributed by atoms with E-state index in [1.54, 1.807) is 36.4 Å². The molecular weight excluding hydrogens is 368 g/mol. The molecule has 2 N–H and O–H groups in total. The van der Waals surface area contributed by atoms with Gasteiger partial charge in [0.05, 0.1) is 6.26 Å². The second-order valence-corrected chi connectivity index (χ2v) is 8.25. The summed E-state index contributed by atoms with van der Waals surface area (Å²) in [7, 11) is 0. The van der Waals surface area contributed by atoms with Crippen molar-refractivity contribution in [1.82, 2.24) is 5.32 Å². The molecule has 3 atom stereocenters. The summed E-state index contributed by atoms with van der Waals surface area (Å²) in [5.74, 6) is 1.99. The lowest BCUT2D eigenvalue weighted by atomic mass is 9.74. The number of hydrogen-bond acceptors (Lipinski definition) is 4. The first kappa shape index (κ1) is 21.0. The Bertz CT molecular complexity index is 816. The van der Waals surface area contributed by atoms with Crippen LogP contribution in [-0.2, 0) is 4.79 Å². The molecule has 1 heterocycles. The van der Waals surface area contributed by atoms with Crippen molar-refractivity contribution in [3.8, 4) is 5.75 Å². The molecule has 2 amide bonds. The zero-order valence-corrected chi connectivity index (χ0v) is 17.3. The summed E-state index contributed by atoms with van der Waals surface area (Å²) in [6.07, 6.45) is 4.84. The Labute approximate surface area is 172 Å². The van der Waals surface area contributed by atoms with Gasteiger partial charge in [-0.05, 0) is 54.9 Å². The molecule has 0 bridgehead atoms. The van der Waals surface area contributed by atoms with Crippen LogP contribution in [0.25, 0.3) is 0 Å². The van der Waals surface area contributed by atoms with Gasteiger partial charge in [0.2, 0.25) is 0 Å². The van der Waals surface area contributed by atoms with Crippen LogP contribution in [-0.4, -0.2) is 24.5 Å². The van der Waals surface area contributed by atoms with Gasteiger partial charge in [-0.15, -0.1) is 0 Å². The van der Waals surface area contributed by atoms with Crippen LogP contribution >= 0.6 is 0 Å². The van der Waals surface area contributed by atoms with Gasteiger partial charge in [-0.3, -0.25) is 9.59 Å². The van der Waals surface area contributed by atoms with Crippen molar-refractivity contribution < 1.29 is 18.7 Å². The molecular formula is C23H30N2O4. The highest BCUT2D eigenvalue weighted by Gasteiger charge is 2.31. The summed E-state index contributed by atoms with van der Waals surface area (Å²) in [6.45, 7) is 6.64. The molecule has 29 heavy (non-hydrogen) atoms. The Morgan fingerprint density at radius 1 is 1.21 bits per heavy atom. The van der Waals surface area contributed by atoms with Gasteiger partial charge in [-0.1, -0.05) is 33.3 Å². The van der Waals surface area contributed by atoms with Crippen molar-refractivity contribution in [3.05, 3.63) is 48.4 Å². The zero-order chi connectivity index (χ0) is 20.8. The van der Waals surface area contributed by atoms with Gasteiger partial charge < -0.3 is 19.8 Å². The van der Waals surface area contributed by atoms with Crippen LogP contribution in [0, 0.1) is 17.8 Å². The molecule has 1 saturated carbocycles. The molecule has 1 aromatic carbocycles. The van der Waals surface area contributed by atoms with Gasteiger partial charge in [-0.2, -0.15) is 0 Å². The predicted octanol–water partition coefficient (Wildman–Crippen LogP) is 4.49. The van der Waals surface area contributed by atoms with Gasteiger partial charge in [-0.25, -0.2) is 0 Å². The molecule has 0 radical (unpaired) electrons. The summed E-state index contributed by atoms with van der Waals surface area (Å²) in [6, 6.07) is 10.4. The van der Waals surface area contributed by atoms with Crippen LogP contribution < -0.4 is 15.4 Å². The van der Waals surface area contributed by atoms with Crippen LogP contribution in [0.15, 0.2) is 47.1 Å². The summed E-state index contributed by atoms with van der Waals surface area (Å²) in [4.78, 5) is 24.5. The first-order chi connectivity index (χ1) is 13.9. The molecule has 6 heteroatoms. The minimum absolute atomic E-state index is 0.0503. The van der Waals surface area contributed by atoms with Gasteiger partial charge >= 0.3 is 0 Å². The standard InChI is InChI=1S/C23H30N2O4/c1-15(2)19-10-9-16(3)12-20(19)25-22(26)14-29-18-7-4-6-17(13-18)24-23(27)21-8-5-11-28-21/h4-8,11,13,15-16,19-20H,9-10,12,14H2,1-3H3,(H,24,27)(H,25,26). The largest absolute Gasteiger partial charge is 0.484 e. The van der Waals surface area contributed by atoms with Crippen molar-refractivity contribution in [2.45, 2.75) is 46.1 Å². The van der Waals surface area contributed by atoms with Gasteiger partial charge in [0.1, 0.15) is 5.75 Å². The van der Waals surface area contributed by atoms with Crippen molar-refractivity contribution in [2.75, 3.05) is 11.9 Å². The van der Waals surface area contributed by atoms with Crippen LogP contribution in [0.1, 0.15) is 50.6 Å². The molecule has 0 saturated heterocycles. The van der Waals surface area contributed by atoms with E-state index < -0.39 is 0 Å². The normalized spacial score (nSPS) is 21.6. The smallest absolute Gasteiger partial charge is 0.291 e. The predicted molar refractivity (Wildman–Crippen MR) is 112 cm³/mol. The lowest BCUT2D eigenvalue weighted by Crippen LogP contribution is -2.47. The van der Waals surface area contributed by atoms with E-state index >= 15 is 0 Å². The fourth-order valence-electron chi connectivity index (χ4n) is 4.03. The quantitative estimate of drug-likeness (QED) is 0.720. The van der Waals surface area contributed by atoms with E-state index in [0.29, 0.717) is 29.2 Å². The van der Waals surface area contributed by atoms with E-state index in [-0.39, 0.29) is 30.2 Å². The van der Waals surface area contributed by atoms with Gasteiger partial charge in [0, 0.05) is 17.8 Å². The third kappa shape index (κ3) is 5.86. The number of amides is 2. The number of anilines is 1. The van der Waals surface area contributed by atoms with Crippen molar-refractivity contribution in [3.63, 3.8) is 0 Å². The van der Waals surface area contributed by atoms with Crippen molar-refractivity contribution >= 4 is 17.5 Å². The summed E-state index contributed by atoms with van der Waals surface area (Å²) >= 11 is 0. The first-order valence-corrected chi connectivity index (χ1v) is 10.3. The van der Waals surface area contributed by atoms with Gasteiger partial charge in [0.25, 0.3) is 11.8 Å². The molecule has 3 rings (SSSR count). The van der Waals surface area contributed by atoms with E-state index in [1.165, 1.54) is 12.7 Å². The molecule has 2 aromatic rings. The molecule has 3 unspecified atom stereocenters. The number of hydrogen-bond donors (Lipinski definition) is 2. The second kappa shape index (κ2) is 9.63. The van der Waals surface area contributed by atoms with E-state index in [1.807, 2.05) is 0 Å². The molecule has 1 aliphatic carbocycles. The minimum Gasteiger partial charge on any atom is -0.484 e. The number of rotatable bonds is 7. The highest BCUT2D eigenvalue weighted by atomic mass is 16.5. The Morgan fingerprint density at radius 3 is 2.76 bits per heavy atom. The second-order valence-electron chi connectivity index (χ2n) is 8.25. The third-order valence-corrected chi connectivity index (χ3v) is 5.58. The molecule has 156 valence electrons. The summed E-state index contributed by atoms with van der Waals surface area (Å²) in [5, 5.41) is 5.92. The number of carbonyl (C=O) groups excluding carboxylic acids is 2. The highest BCUT2D eigenvalue weighted by Crippen LogP contribution is 2.33. The molecule has 1 fully saturated rings. The molecule has 1 aromatic heterocycles. The lowest BCUT2D eigenvalue weighted by Gasteiger charge is -2.37. The van der Waals surface area contributed by atoms with E-state index in [9.17, 15) is 9.59 Å².